The number of hydrogen-bond donors (Lipinski definition) is 1. The van der Waals surface area contributed by atoms with Gasteiger partial charge in [-0.25, -0.2) is 8.78 Å². The number of benzene rings is 1. The van der Waals surface area contributed by atoms with Crippen LogP contribution in [0.15, 0.2) is 18.2 Å². The lowest BCUT2D eigenvalue weighted by molar-refractivity contribution is -0.0200. The van der Waals surface area contributed by atoms with Crippen LogP contribution in [0.4, 0.5) is 8.78 Å². The van der Waals surface area contributed by atoms with Gasteiger partial charge in [-0.1, -0.05) is 6.92 Å². The number of halogens is 2. The first-order valence-corrected chi connectivity index (χ1v) is 6.41. The van der Waals surface area contributed by atoms with Crippen molar-refractivity contribution < 1.29 is 13.9 Å². The van der Waals surface area contributed by atoms with Crippen LogP contribution in [0.25, 0.3) is 0 Å². The molecule has 0 aliphatic carbocycles. The van der Waals surface area contributed by atoms with E-state index < -0.39 is 17.2 Å². The predicted molar refractivity (Wildman–Crippen MR) is 66.4 cm³/mol. The summed E-state index contributed by atoms with van der Waals surface area (Å²) in [4.78, 5) is 2.25. The highest BCUT2D eigenvalue weighted by atomic mass is 19.1. The second-order valence-corrected chi connectivity index (χ2v) is 5.07. The lowest BCUT2D eigenvalue weighted by Crippen LogP contribution is -2.45. The van der Waals surface area contributed by atoms with Crippen molar-refractivity contribution in [2.75, 3.05) is 19.6 Å². The van der Waals surface area contributed by atoms with Crippen LogP contribution in [-0.4, -0.2) is 35.2 Å². The van der Waals surface area contributed by atoms with Crippen molar-refractivity contribution in [1.82, 2.24) is 4.90 Å². The van der Waals surface area contributed by atoms with E-state index in [-0.39, 0.29) is 12.0 Å². The summed E-state index contributed by atoms with van der Waals surface area (Å²) in [6.45, 7) is 4.66. The molecule has 100 valence electrons. The van der Waals surface area contributed by atoms with Crippen molar-refractivity contribution in [3.05, 3.63) is 35.4 Å². The van der Waals surface area contributed by atoms with Crippen molar-refractivity contribution in [2.45, 2.75) is 31.8 Å². The molecule has 1 aliphatic rings. The molecule has 1 aromatic rings. The van der Waals surface area contributed by atoms with Crippen molar-refractivity contribution in [3.63, 3.8) is 0 Å². The molecule has 1 N–H and O–H groups in total. The standard InChI is InChI=1S/C14H19F2NO/c1-2-17-7-5-14(18,6-8-17)10-11-9-12(15)3-4-13(11)16/h3-4,9,18H,2,5-8,10H2,1H3. The van der Waals surface area contributed by atoms with Gasteiger partial charge in [0.25, 0.3) is 0 Å². The van der Waals surface area contributed by atoms with Gasteiger partial charge in [0.05, 0.1) is 5.60 Å². The van der Waals surface area contributed by atoms with E-state index in [9.17, 15) is 13.9 Å². The van der Waals surface area contributed by atoms with Crippen molar-refractivity contribution in [3.8, 4) is 0 Å². The summed E-state index contributed by atoms with van der Waals surface area (Å²) in [6.07, 6.45) is 1.40. The zero-order valence-corrected chi connectivity index (χ0v) is 10.6. The van der Waals surface area contributed by atoms with Crippen molar-refractivity contribution in [1.29, 1.82) is 0 Å². The van der Waals surface area contributed by atoms with Gasteiger partial charge in [-0.3, -0.25) is 0 Å². The van der Waals surface area contributed by atoms with Crippen LogP contribution in [-0.2, 0) is 6.42 Å². The van der Waals surface area contributed by atoms with Crippen LogP contribution in [0.5, 0.6) is 0 Å². The van der Waals surface area contributed by atoms with E-state index in [2.05, 4.69) is 11.8 Å². The second kappa shape index (κ2) is 5.33. The number of piperidine rings is 1. The molecule has 18 heavy (non-hydrogen) atoms. The van der Waals surface area contributed by atoms with Crippen LogP contribution >= 0.6 is 0 Å². The fourth-order valence-electron chi connectivity index (χ4n) is 2.50. The molecule has 0 amide bonds. The Morgan fingerprint density at radius 2 is 1.94 bits per heavy atom. The molecule has 4 heteroatoms. The van der Waals surface area contributed by atoms with Gasteiger partial charge in [-0.2, -0.15) is 0 Å². The fourth-order valence-corrected chi connectivity index (χ4v) is 2.50. The molecule has 0 radical (unpaired) electrons. The van der Waals surface area contributed by atoms with Crippen molar-refractivity contribution >= 4 is 0 Å². The highest BCUT2D eigenvalue weighted by Crippen LogP contribution is 2.27. The Hall–Kier alpha value is -1.00. The molecule has 1 heterocycles. The monoisotopic (exact) mass is 255 g/mol. The Kier molecular flexibility index (Phi) is 3.97. The minimum absolute atomic E-state index is 0.189. The highest BCUT2D eigenvalue weighted by molar-refractivity contribution is 5.21. The summed E-state index contributed by atoms with van der Waals surface area (Å²) in [5, 5.41) is 10.4. The first-order valence-electron chi connectivity index (χ1n) is 6.41. The number of rotatable bonds is 3. The summed E-state index contributed by atoms with van der Waals surface area (Å²) in [5.41, 5.74) is -0.636. The molecule has 0 saturated carbocycles. The average Bonchev–Trinajstić information content (AvgIpc) is 2.35. The SMILES string of the molecule is CCN1CCC(O)(Cc2cc(F)ccc2F)CC1. The van der Waals surface area contributed by atoms with E-state index in [1.807, 2.05) is 0 Å². The van der Waals surface area contributed by atoms with Crippen LogP contribution in [0.3, 0.4) is 0 Å². The topological polar surface area (TPSA) is 23.5 Å². The Bertz CT molecular complexity index is 414. The first kappa shape index (κ1) is 13.4. The minimum atomic E-state index is -0.902. The van der Waals surface area contributed by atoms with Gasteiger partial charge in [0.15, 0.2) is 0 Å². The fraction of sp³-hybridized carbons (Fsp3) is 0.571. The molecule has 1 aromatic carbocycles. The third-order valence-electron chi connectivity index (χ3n) is 3.76. The average molecular weight is 255 g/mol. The van der Waals surface area contributed by atoms with E-state index in [1.54, 1.807) is 0 Å². The molecule has 0 aromatic heterocycles. The Labute approximate surface area is 106 Å². The van der Waals surface area contributed by atoms with E-state index in [0.29, 0.717) is 12.8 Å². The number of nitrogens with zero attached hydrogens (tertiary/aromatic N) is 1. The molecule has 2 rings (SSSR count). The maximum Gasteiger partial charge on any atom is 0.126 e. The van der Waals surface area contributed by atoms with Crippen molar-refractivity contribution in [2.24, 2.45) is 0 Å². The van der Waals surface area contributed by atoms with Gasteiger partial charge in [0.2, 0.25) is 0 Å². The third-order valence-corrected chi connectivity index (χ3v) is 3.76. The number of likely N-dealkylation sites (tertiary alicyclic amines) is 1. The number of aliphatic hydroxyl groups is 1. The van der Waals surface area contributed by atoms with E-state index in [4.69, 9.17) is 0 Å². The lowest BCUT2D eigenvalue weighted by atomic mass is 9.85. The zero-order chi connectivity index (χ0) is 13.2. The van der Waals surface area contributed by atoms with Gasteiger partial charge in [-0.05, 0) is 43.1 Å². The zero-order valence-electron chi connectivity index (χ0n) is 10.6. The van der Waals surface area contributed by atoms with Crippen LogP contribution in [0, 0.1) is 11.6 Å². The van der Waals surface area contributed by atoms with Gasteiger partial charge in [-0.15, -0.1) is 0 Å². The number of hydrogen-bond acceptors (Lipinski definition) is 2. The lowest BCUT2D eigenvalue weighted by Gasteiger charge is -2.38. The molecule has 1 aliphatic heterocycles. The maximum atomic E-state index is 13.5. The Morgan fingerprint density at radius 3 is 2.56 bits per heavy atom. The van der Waals surface area contributed by atoms with E-state index >= 15 is 0 Å². The van der Waals surface area contributed by atoms with Gasteiger partial charge < -0.3 is 10.0 Å². The third kappa shape index (κ3) is 3.06. The summed E-state index contributed by atoms with van der Waals surface area (Å²) in [6, 6.07) is 3.40. The Balaban J connectivity index is 2.06. The summed E-state index contributed by atoms with van der Waals surface area (Å²) >= 11 is 0. The Morgan fingerprint density at radius 1 is 1.28 bits per heavy atom. The van der Waals surface area contributed by atoms with Gasteiger partial charge in [0.1, 0.15) is 11.6 Å². The first-order chi connectivity index (χ1) is 8.52. The summed E-state index contributed by atoms with van der Waals surface area (Å²) < 4.78 is 26.6. The molecule has 1 fully saturated rings. The molecule has 0 atom stereocenters. The molecular weight excluding hydrogens is 236 g/mol. The summed E-state index contributed by atoms with van der Waals surface area (Å²) in [5.74, 6) is -0.899. The second-order valence-electron chi connectivity index (χ2n) is 5.07. The minimum Gasteiger partial charge on any atom is -0.389 e. The molecular formula is C14H19F2NO. The molecule has 1 saturated heterocycles. The molecule has 0 bridgehead atoms. The smallest absolute Gasteiger partial charge is 0.126 e. The maximum absolute atomic E-state index is 13.5. The predicted octanol–water partition coefficient (Wildman–Crippen LogP) is 2.35. The highest BCUT2D eigenvalue weighted by Gasteiger charge is 2.32. The van der Waals surface area contributed by atoms with Crippen LogP contribution < -0.4 is 0 Å². The van der Waals surface area contributed by atoms with E-state index in [0.717, 1.165) is 31.8 Å². The molecule has 0 spiro atoms. The molecule has 2 nitrogen and oxygen atoms in total. The van der Waals surface area contributed by atoms with Crippen LogP contribution in [0.2, 0.25) is 0 Å². The largest absolute Gasteiger partial charge is 0.389 e. The quantitative estimate of drug-likeness (QED) is 0.896. The van der Waals surface area contributed by atoms with Crippen LogP contribution in [0.1, 0.15) is 25.3 Å². The van der Waals surface area contributed by atoms with Gasteiger partial charge in [0, 0.05) is 19.5 Å². The van der Waals surface area contributed by atoms with E-state index in [1.165, 1.54) is 6.07 Å². The summed E-state index contributed by atoms with van der Waals surface area (Å²) in [7, 11) is 0. The van der Waals surface area contributed by atoms with Gasteiger partial charge >= 0.3 is 0 Å². The normalized spacial score (nSPS) is 20.0. The molecule has 0 unspecified atom stereocenters.